The maximum atomic E-state index is 12.0. The molecule has 0 aromatic heterocycles. The molecular weight excluding hydrogens is 288 g/mol. The highest BCUT2D eigenvalue weighted by Crippen LogP contribution is 2.13. The quantitative estimate of drug-likeness (QED) is 0.811. The highest BCUT2D eigenvalue weighted by molar-refractivity contribution is 7.86. The minimum absolute atomic E-state index is 0.511. The highest BCUT2D eigenvalue weighted by atomic mass is 32.2. The molecule has 0 aliphatic carbocycles. The summed E-state index contributed by atoms with van der Waals surface area (Å²) >= 11 is 0. The first-order valence-electron chi connectivity index (χ1n) is 6.82. The molecule has 0 atom stereocenters. The van der Waals surface area contributed by atoms with Gasteiger partial charge in [-0.25, -0.2) is 0 Å². The Bertz CT molecular complexity index is 611. The van der Waals surface area contributed by atoms with Crippen LogP contribution in [-0.2, 0) is 16.8 Å². The Morgan fingerprint density at radius 1 is 1.14 bits per heavy atom. The zero-order valence-corrected chi connectivity index (χ0v) is 13.2. The average Bonchev–Trinajstić information content (AvgIpc) is 2.48. The van der Waals surface area contributed by atoms with Crippen molar-refractivity contribution in [3.8, 4) is 6.07 Å². The fourth-order valence-corrected chi connectivity index (χ4v) is 3.38. The molecule has 2 rings (SSSR count). The molecule has 0 radical (unpaired) electrons. The Morgan fingerprint density at radius 2 is 1.71 bits per heavy atom. The van der Waals surface area contributed by atoms with Gasteiger partial charge in [-0.15, -0.1) is 0 Å². The second kappa shape index (κ2) is 6.54. The summed E-state index contributed by atoms with van der Waals surface area (Å²) < 4.78 is 26.8. The van der Waals surface area contributed by atoms with Crippen molar-refractivity contribution >= 4 is 10.2 Å². The lowest BCUT2D eigenvalue weighted by Crippen LogP contribution is -2.51. The van der Waals surface area contributed by atoms with E-state index in [-0.39, 0.29) is 0 Å². The van der Waals surface area contributed by atoms with Crippen LogP contribution in [0.5, 0.6) is 0 Å². The first-order valence-corrected chi connectivity index (χ1v) is 8.22. The average molecular weight is 308 g/mol. The van der Waals surface area contributed by atoms with Gasteiger partial charge in [-0.1, -0.05) is 12.1 Å². The van der Waals surface area contributed by atoms with E-state index < -0.39 is 10.2 Å². The normalized spacial score (nSPS) is 17.8. The summed E-state index contributed by atoms with van der Waals surface area (Å²) in [5.41, 5.74) is 1.79. The standard InChI is InChI=1S/C14H20N4O2S/c1-16(2)21(19,20)18-9-7-17(8-10-18)12-14-5-3-13(11-15)4-6-14/h3-6H,7-10,12H2,1-2H3. The summed E-state index contributed by atoms with van der Waals surface area (Å²) in [5, 5.41) is 8.77. The zero-order valence-electron chi connectivity index (χ0n) is 12.4. The summed E-state index contributed by atoms with van der Waals surface area (Å²) in [6, 6.07) is 9.61. The molecule has 1 aliphatic rings. The second-order valence-corrected chi connectivity index (χ2v) is 7.42. The number of piperazine rings is 1. The summed E-state index contributed by atoms with van der Waals surface area (Å²) in [7, 11) is -0.193. The van der Waals surface area contributed by atoms with Gasteiger partial charge in [-0.05, 0) is 17.7 Å². The van der Waals surface area contributed by atoms with E-state index in [1.807, 2.05) is 24.3 Å². The summed E-state index contributed by atoms with van der Waals surface area (Å²) in [6.45, 7) is 3.23. The predicted octanol–water partition coefficient (Wildman–Crippen LogP) is 0.482. The van der Waals surface area contributed by atoms with E-state index in [4.69, 9.17) is 5.26 Å². The van der Waals surface area contributed by atoms with Crippen LogP contribution in [-0.4, -0.2) is 62.2 Å². The Labute approximate surface area is 126 Å². The van der Waals surface area contributed by atoms with Crippen LogP contribution >= 0.6 is 0 Å². The van der Waals surface area contributed by atoms with Gasteiger partial charge in [0.15, 0.2) is 0 Å². The molecule has 0 bridgehead atoms. The molecule has 0 spiro atoms. The fourth-order valence-electron chi connectivity index (χ4n) is 2.29. The van der Waals surface area contributed by atoms with Crippen LogP contribution in [0.2, 0.25) is 0 Å². The molecular formula is C14H20N4O2S. The third-order valence-corrected chi connectivity index (χ3v) is 5.55. The topological polar surface area (TPSA) is 67.7 Å². The molecule has 1 saturated heterocycles. The van der Waals surface area contributed by atoms with E-state index in [2.05, 4.69) is 11.0 Å². The van der Waals surface area contributed by atoms with Crippen molar-refractivity contribution in [3.63, 3.8) is 0 Å². The number of hydrogen-bond acceptors (Lipinski definition) is 4. The van der Waals surface area contributed by atoms with E-state index in [0.29, 0.717) is 31.7 Å². The molecule has 1 aromatic carbocycles. The van der Waals surface area contributed by atoms with Crippen molar-refractivity contribution < 1.29 is 8.42 Å². The molecule has 0 N–H and O–H groups in total. The minimum atomic E-state index is -3.30. The predicted molar refractivity (Wildman–Crippen MR) is 80.6 cm³/mol. The van der Waals surface area contributed by atoms with E-state index in [0.717, 1.165) is 12.1 Å². The Morgan fingerprint density at radius 3 is 2.19 bits per heavy atom. The van der Waals surface area contributed by atoms with Gasteiger partial charge in [-0.3, -0.25) is 4.90 Å². The van der Waals surface area contributed by atoms with Crippen molar-refractivity contribution in [2.75, 3.05) is 40.3 Å². The molecule has 0 saturated carbocycles. The molecule has 1 aliphatic heterocycles. The smallest absolute Gasteiger partial charge is 0.281 e. The molecule has 114 valence electrons. The fraction of sp³-hybridized carbons (Fsp3) is 0.500. The maximum Gasteiger partial charge on any atom is 0.281 e. The van der Waals surface area contributed by atoms with Crippen molar-refractivity contribution in [1.82, 2.24) is 13.5 Å². The van der Waals surface area contributed by atoms with Gasteiger partial charge in [-0.2, -0.15) is 22.3 Å². The lowest BCUT2D eigenvalue weighted by atomic mass is 10.1. The number of nitriles is 1. The first-order chi connectivity index (χ1) is 9.93. The lowest BCUT2D eigenvalue weighted by Gasteiger charge is -2.35. The van der Waals surface area contributed by atoms with E-state index in [1.165, 1.54) is 8.61 Å². The van der Waals surface area contributed by atoms with Gasteiger partial charge >= 0.3 is 0 Å². The number of hydrogen-bond donors (Lipinski definition) is 0. The highest BCUT2D eigenvalue weighted by Gasteiger charge is 2.28. The van der Waals surface area contributed by atoms with Crippen molar-refractivity contribution in [2.45, 2.75) is 6.54 Å². The Balaban J connectivity index is 1.91. The van der Waals surface area contributed by atoms with Crippen LogP contribution in [0, 0.1) is 11.3 Å². The molecule has 0 amide bonds. The van der Waals surface area contributed by atoms with Crippen LogP contribution in [0.4, 0.5) is 0 Å². The molecule has 0 unspecified atom stereocenters. The molecule has 6 nitrogen and oxygen atoms in total. The van der Waals surface area contributed by atoms with Crippen LogP contribution in [0.1, 0.15) is 11.1 Å². The summed E-state index contributed by atoms with van der Waals surface area (Å²) in [6.07, 6.45) is 0. The molecule has 1 heterocycles. The van der Waals surface area contributed by atoms with Crippen molar-refractivity contribution in [1.29, 1.82) is 5.26 Å². The lowest BCUT2D eigenvalue weighted by molar-refractivity contribution is 0.177. The Hall–Kier alpha value is -1.46. The van der Waals surface area contributed by atoms with E-state index in [9.17, 15) is 8.42 Å². The van der Waals surface area contributed by atoms with Crippen LogP contribution in [0.25, 0.3) is 0 Å². The number of nitrogens with zero attached hydrogens (tertiary/aromatic N) is 4. The van der Waals surface area contributed by atoms with Gasteiger partial charge < -0.3 is 0 Å². The summed E-state index contributed by atoms with van der Waals surface area (Å²) in [4.78, 5) is 2.23. The van der Waals surface area contributed by atoms with Gasteiger partial charge in [0.1, 0.15) is 0 Å². The van der Waals surface area contributed by atoms with E-state index in [1.54, 1.807) is 14.1 Å². The van der Waals surface area contributed by atoms with Crippen LogP contribution in [0.3, 0.4) is 0 Å². The van der Waals surface area contributed by atoms with Gasteiger partial charge in [0.05, 0.1) is 11.6 Å². The number of benzene rings is 1. The second-order valence-electron chi connectivity index (χ2n) is 5.27. The van der Waals surface area contributed by atoms with Crippen LogP contribution < -0.4 is 0 Å². The number of rotatable bonds is 4. The third kappa shape index (κ3) is 3.80. The molecule has 21 heavy (non-hydrogen) atoms. The maximum absolute atomic E-state index is 12.0. The monoisotopic (exact) mass is 308 g/mol. The summed E-state index contributed by atoms with van der Waals surface area (Å²) in [5.74, 6) is 0. The molecule has 1 aromatic rings. The van der Waals surface area contributed by atoms with Crippen LogP contribution in [0.15, 0.2) is 24.3 Å². The molecule has 1 fully saturated rings. The van der Waals surface area contributed by atoms with Gasteiger partial charge in [0.25, 0.3) is 10.2 Å². The largest absolute Gasteiger partial charge is 0.296 e. The first kappa shape index (κ1) is 15.9. The zero-order chi connectivity index (χ0) is 15.5. The SMILES string of the molecule is CN(C)S(=O)(=O)N1CCN(Cc2ccc(C#N)cc2)CC1. The van der Waals surface area contributed by atoms with Gasteiger partial charge in [0.2, 0.25) is 0 Å². The van der Waals surface area contributed by atoms with Crippen molar-refractivity contribution in [2.24, 2.45) is 0 Å². The van der Waals surface area contributed by atoms with Crippen molar-refractivity contribution in [3.05, 3.63) is 35.4 Å². The van der Waals surface area contributed by atoms with E-state index >= 15 is 0 Å². The molecule has 7 heteroatoms. The van der Waals surface area contributed by atoms with Gasteiger partial charge in [0, 0.05) is 46.8 Å². The third-order valence-electron chi connectivity index (χ3n) is 3.61. The Kier molecular flexibility index (Phi) is 4.96. The minimum Gasteiger partial charge on any atom is -0.296 e.